The molecule has 3 heterocycles. The Morgan fingerprint density at radius 1 is 1.24 bits per heavy atom. The van der Waals surface area contributed by atoms with E-state index in [1.807, 2.05) is 63.6 Å². The highest BCUT2D eigenvalue weighted by Crippen LogP contribution is 2.24. The highest BCUT2D eigenvalue weighted by Gasteiger charge is 2.29. The fraction of sp³-hybridized carbons (Fsp3) is 0.278. The molecule has 4 rings (SSSR count). The number of hydrogen-bond donors (Lipinski definition) is 0. The smallest absolute Gasteiger partial charge is 0.263 e. The molecule has 25 heavy (non-hydrogen) atoms. The van der Waals surface area contributed by atoms with Crippen LogP contribution in [-0.4, -0.2) is 38.9 Å². The lowest BCUT2D eigenvalue weighted by Crippen LogP contribution is -2.28. The number of para-hydroxylation sites is 1. The van der Waals surface area contributed by atoms with Gasteiger partial charge in [0, 0.05) is 13.1 Å². The number of benzene rings is 1. The highest BCUT2D eigenvalue weighted by molar-refractivity contribution is 7.12. The molecule has 1 amide bonds. The minimum Gasteiger partial charge on any atom is -0.487 e. The number of carbonyl (C=O) groups excluding carboxylic acids is 1. The number of amides is 1. The number of carbonyl (C=O) groups is 1. The summed E-state index contributed by atoms with van der Waals surface area (Å²) in [6.07, 6.45) is 2.80. The van der Waals surface area contributed by atoms with Crippen molar-refractivity contribution in [3.63, 3.8) is 0 Å². The fourth-order valence-electron chi connectivity index (χ4n) is 2.93. The van der Waals surface area contributed by atoms with Gasteiger partial charge in [0.15, 0.2) is 0 Å². The van der Waals surface area contributed by atoms with Gasteiger partial charge in [-0.3, -0.25) is 4.79 Å². The summed E-state index contributed by atoms with van der Waals surface area (Å²) in [5.74, 6) is 0.913. The Morgan fingerprint density at radius 2 is 2.12 bits per heavy atom. The molecule has 0 spiro atoms. The monoisotopic (exact) mass is 354 g/mol. The number of ether oxygens (including phenoxy) is 1. The van der Waals surface area contributed by atoms with E-state index in [4.69, 9.17) is 4.74 Å². The Balaban J connectivity index is 1.35. The van der Waals surface area contributed by atoms with E-state index in [1.54, 1.807) is 0 Å². The topological polar surface area (TPSA) is 60.2 Å². The second kappa shape index (κ2) is 7.06. The van der Waals surface area contributed by atoms with Crippen molar-refractivity contribution in [3.8, 4) is 5.75 Å². The van der Waals surface area contributed by atoms with Crippen molar-refractivity contribution in [2.24, 2.45) is 0 Å². The van der Waals surface area contributed by atoms with Crippen LogP contribution >= 0.6 is 11.3 Å². The molecule has 3 aromatic rings. The number of rotatable bonds is 5. The maximum atomic E-state index is 12.4. The predicted molar refractivity (Wildman–Crippen MR) is 94.7 cm³/mol. The van der Waals surface area contributed by atoms with Crippen LogP contribution in [0.5, 0.6) is 5.75 Å². The van der Waals surface area contributed by atoms with Crippen molar-refractivity contribution >= 4 is 17.2 Å². The summed E-state index contributed by atoms with van der Waals surface area (Å²) in [5.41, 5.74) is 0.784. The second-order valence-corrected chi connectivity index (χ2v) is 6.91. The molecule has 1 fully saturated rings. The minimum atomic E-state index is 0.102. The summed E-state index contributed by atoms with van der Waals surface area (Å²) in [5, 5.41) is 10.3. The zero-order valence-electron chi connectivity index (χ0n) is 13.6. The Morgan fingerprint density at radius 3 is 2.92 bits per heavy atom. The average molecular weight is 354 g/mol. The molecule has 0 N–H and O–H groups in total. The molecular weight excluding hydrogens is 336 g/mol. The van der Waals surface area contributed by atoms with Crippen molar-refractivity contribution in [1.29, 1.82) is 0 Å². The van der Waals surface area contributed by atoms with Gasteiger partial charge in [0.2, 0.25) is 0 Å². The van der Waals surface area contributed by atoms with E-state index >= 15 is 0 Å². The predicted octanol–water partition coefficient (Wildman–Crippen LogP) is 3.01. The minimum absolute atomic E-state index is 0.102. The first-order valence-electron chi connectivity index (χ1n) is 8.21. The number of aromatic nitrogens is 3. The molecule has 1 unspecified atom stereocenters. The number of hydrogen-bond acceptors (Lipinski definition) is 5. The summed E-state index contributed by atoms with van der Waals surface area (Å²) in [4.78, 5) is 15.1. The quantitative estimate of drug-likeness (QED) is 0.707. The molecule has 1 atom stereocenters. The van der Waals surface area contributed by atoms with E-state index in [0.717, 1.165) is 29.3 Å². The van der Waals surface area contributed by atoms with E-state index in [9.17, 15) is 4.79 Å². The largest absolute Gasteiger partial charge is 0.487 e. The zero-order chi connectivity index (χ0) is 17.1. The summed E-state index contributed by atoms with van der Waals surface area (Å²) in [7, 11) is 0. The molecule has 1 aliphatic heterocycles. The van der Waals surface area contributed by atoms with Crippen LogP contribution in [0.25, 0.3) is 0 Å². The first kappa shape index (κ1) is 15.8. The SMILES string of the molecule is O=C(c1cccs1)N1CCC(n2cc(COc3ccccc3)nn2)C1. The van der Waals surface area contributed by atoms with E-state index in [0.29, 0.717) is 13.2 Å². The van der Waals surface area contributed by atoms with E-state index in [1.165, 1.54) is 11.3 Å². The van der Waals surface area contributed by atoms with Gasteiger partial charge in [0.25, 0.3) is 5.91 Å². The normalized spacial score (nSPS) is 17.0. The number of nitrogens with zero attached hydrogens (tertiary/aromatic N) is 4. The lowest BCUT2D eigenvalue weighted by Gasteiger charge is -2.15. The van der Waals surface area contributed by atoms with Crippen molar-refractivity contribution in [1.82, 2.24) is 19.9 Å². The number of likely N-dealkylation sites (tertiary alicyclic amines) is 1. The van der Waals surface area contributed by atoms with Crippen LogP contribution in [0.1, 0.15) is 27.8 Å². The molecule has 7 heteroatoms. The molecule has 1 saturated heterocycles. The Labute approximate surface area is 149 Å². The van der Waals surface area contributed by atoms with Gasteiger partial charge in [-0.25, -0.2) is 4.68 Å². The molecule has 2 aromatic heterocycles. The van der Waals surface area contributed by atoms with Crippen molar-refractivity contribution < 1.29 is 9.53 Å². The molecule has 0 bridgehead atoms. The van der Waals surface area contributed by atoms with Crippen LogP contribution < -0.4 is 4.74 Å². The average Bonchev–Trinajstić information content (AvgIpc) is 3.41. The molecule has 0 saturated carbocycles. The van der Waals surface area contributed by atoms with E-state index in [-0.39, 0.29) is 11.9 Å². The highest BCUT2D eigenvalue weighted by atomic mass is 32.1. The van der Waals surface area contributed by atoms with Gasteiger partial charge in [-0.15, -0.1) is 16.4 Å². The van der Waals surface area contributed by atoms with Crippen molar-refractivity contribution in [2.45, 2.75) is 19.1 Å². The molecular formula is C18H18N4O2S. The summed E-state index contributed by atoms with van der Waals surface area (Å²) < 4.78 is 7.55. The third-order valence-electron chi connectivity index (χ3n) is 4.24. The first-order valence-corrected chi connectivity index (χ1v) is 9.09. The molecule has 0 radical (unpaired) electrons. The van der Waals surface area contributed by atoms with Gasteiger partial charge in [-0.2, -0.15) is 0 Å². The van der Waals surface area contributed by atoms with Crippen LogP contribution in [0.3, 0.4) is 0 Å². The number of thiophene rings is 1. The summed E-state index contributed by atoms with van der Waals surface area (Å²) in [6, 6.07) is 13.6. The van der Waals surface area contributed by atoms with Crippen LogP contribution in [0, 0.1) is 0 Å². The Kier molecular flexibility index (Phi) is 4.47. The third kappa shape index (κ3) is 3.56. The molecule has 6 nitrogen and oxygen atoms in total. The third-order valence-corrected chi connectivity index (χ3v) is 5.10. The van der Waals surface area contributed by atoms with E-state index < -0.39 is 0 Å². The van der Waals surface area contributed by atoms with Gasteiger partial charge < -0.3 is 9.64 Å². The van der Waals surface area contributed by atoms with Crippen LogP contribution in [-0.2, 0) is 6.61 Å². The second-order valence-electron chi connectivity index (χ2n) is 5.96. The summed E-state index contributed by atoms with van der Waals surface area (Å²) in [6.45, 7) is 1.80. The van der Waals surface area contributed by atoms with Gasteiger partial charge in [0.05, 0.1) is 17.1 Å². The van der Waals surface area contributed by atoms with Gasteiger partial charge >= 0.3 is 0 Å². The van der Waals surface area contributed by atoms with Gasteiger partial charge in [-0.1, -0.05) is 29.5 Å². The molecule has 1 aromatic carbocycles. The first-order chi connectivity index (χ1) is 12.3. The molecule has 128 valence electrons. The molecule has 0 aliphatic carbocycles. The van der Waals surface area contributed by atoms with Crippen LogP contribution in [0.2, 0.25) is 0 Å². The maximum absolute atomic E-state index is 12.4. The Bertz CT molecular complexity index is 832. The van der Waals surface area contributed by atoms with Crippen LogP contribution in [0.15, 0.2) is 54.0 Å². The zero-order valence-corrected chi connectivity index (χ0v) is 14.4. The van der Waals surface area contributed by atoms with Gasteiger partial charge in [-0.05, 0) is 30.0 Å². The maximum Gasteiger partial charge on any atom is 0.263 e. The van der Waals surface area contributed by atoms with E-state index in [2.05, 4.69) is 10.3 Å². The standard InChI is InChI=1S/C18H18N4O2S/c23-18(17-7-4-10-25-17)21-9-8-15(12-21)22-11-14(19-20-22)13-24-16-5-2-1-3-6-16/h1-7,10-11,15H,8-9,12-13H2. The lowest BCUT2D eigenvalue weighted by atomic mass is 10.3. The Hall–Kier alpha value is -2.67. The van der Waals surface area contributed by atoms with Gasteiger partial charge in [0.1, 0.15) is 18.1 Å². The van der Waals surface area contributed by atoms with Crippen molar-refractivity contribution in [2.75, 3.05) is 13.1 Å². The fourth-order valence-corrected chi connectivity index (χ4v) is 3.62. The van der Waals surface area contributed by atoms with Crippen LogP contribution in [0.4, 0.5) is 0 Å². The van der Waals surface area contributed by atoms with Crippen molar-refractivity contribution in [3.05, 3.63) is 64.6 Å². The lowest BCUT2D eigenvalue weighted by molar-refractivity contribution is 0.0791. The molecule has 1 aliphatic rings. The summed E-state index contributed by atoms with van der Waals surface area (Å²) >= 11 is 1.48.